The van der Waals surface area contributed by atoms with Gasteiger partial charge in [-0.1, -0.05) is 26.0 Å². The van der Waals surface area contributed by atoms with Gasteiger partial charge < -0.3 is 20.7 Å². The number of ether oxygens (including phenoxy) is 1. The molecule has 3 N–H and O–H groups in total. The van der Waals surface area contributed by atoms with E-state index in [1.54, 1.807) is 26.0 Å². The molecule has 9 nitrogen and oxygen atoms in total. The first-order valence-electron chi connectivity index (χ1n) is 10.8. The van der Waals surface area contributed by atoms with E-state index in [0.717, 1.165) is 12.1 Å². The SMILES string of the molecule is C/C=C1\NC(=O)c2cc(F)cc(n2)CNC(=O)C[C@@H](/C=C/CCS)OC(=O)[C@H](C(C)C)NC1=O. The van der Waals surface area contributed by atoms with Gasteiger partial charge in [0.1, 0.15) is 29.4 Å². The van der Waals surface area contributed by atoms with Crippen molar-refractivity contribution in [1.82, 2.24) is 20.9 Å². The number of carbonyl (C=O) groups excluding carboxylic acids is 4. The first kappa shape index (κ1) is 27.0. The molecular weight excluding hydrogens is 463 g/mol. The highest BCUT2D eigenvalue weighted by atomic mass is 32.1. The minimum absolute atomic E-state index is 0.108. The predicted octanol–water partition coefficient (Wildman–Crippen LogP) is 1.80. The molecule has 0 aromatic carbocycles. The molecule has 3 amide bonds. The Labute approximate surface area is 203 Å². The van der Waals surface area contributed by atoms with Crippen molar-refractivity contribution in [3.05, 3.63) is 53.3 Å². The fourth-order valence-electron chi connectivity index (χ4n) is 3.06. The van der Waals surface area contributed by atoms with Crippen molar-refractivity contribution in [1.29, 1.82) is 0 Å². The van der Waals surface area contributed by atoms with Gasteiger partial charge in [-0.25, -0.2) is 14.2 Å². The lowest BCUT2D eigenvalue weighted by molar-refractivity contribution is -0.153. The van der Waals surface area contributed by atoms with Crippen LogP contribution in [0, 0.1) is 11.7 Å². The first-order valence-corrected chi connectivity index (χ1v) is 11.5. The number of nitrogens with one attached hydrogen (secondary N) is 3. The number of halogens is 1. The number of esters is 1. The number of carbonyl (C=O) groups is 4. The van der Waals surface area contributed by atoms with E-state index in [0.29, 0.717) is 12.2 Å². The smallest absolute Gasteiger partial charge is 0.329 e. The molecule has 0 spiro atoms. The van der Waals surface area contributed by atoms with E-state index in [1.165, 1.54) is 13.0 Å². The summed E-state index contributed by atoms with van der Waals surface area (Å²) < 4.78 is 19.6. The van der Waals surface area contributed by atoms with Gasteiger partial charge in [0, 0.05) is 6.07 Å². The fourth-order valence-corrected chi connectivity index (χ4v) is 3.21. The molecule has 0 aliphatic carbocycles. The summed E-state index contributed by atoms with van der Waals surface area (Å²) in [5.74, 6) is -3.25. The van der Waals surface area contributed by atoms with Crippen molar-refractivity contribution in [3.63, 3.8) is 0 Å². The second kappa shape index (κ2) is 12.9. The zero-order chi connectivity index (χ0) is 25.3. The van der Waals surface area contributed by atoms with Gasteiger partial charge in [0.15, 0.2) is 0 Å². The predicted molar refractivity (Wildman–Crippen MR) is 126 cm³/mol. The number of fused-ring (bicyclic) bond motifs is 2. The van der Waals surface area contributed by atoms with Crippen LogP contribution >= 0.6 is 12.6 Å². The average Bonchev–Trinajstić information content (AvgIpc) is 2.78. The molecule has 0 radical (unpaired) electrons. The molecule has 1 aromatic rings. The van der Waals surface area contributed by atoms with Gasteiger partial charge in [-0.15, -0.1) is 0 Å². The second-order valence-electron chi connectivity index (χ2n) is 7.91. The van der Waals surface area contributed by atoms with Gasteiger partial charge in [-0.2, -0.15) is 12.6 Å². The van der Waals surface area contributed by atoms with Crippen molar-refractivity contribution >= 4 is 36.3 Å². The molecule has 1 aromatic heterocycles. The summed E-state index contributed by atoms with van der Waals surface area (Å²) in [6, 6.07) is 0.960. The molecule has 2 rings (SSSR count). The van der Waals surface area contributed by atoms with Gasteiger partial charge >= 0.3 is 5.97 Å². The molecule has 2 heterocycles. The summed E-state index contributed by atoms with van der Waals surface area (Å²) in [4.78, 5) is 54.9. The number of thiol groups is 1. The van der Waals surface area contributed by atoms with E-state index in [9.17, 15) is 23.6 Å². The molecule has 2 atom stereocenters. The van der Waals surface area contributed by atoms with Crippen LogP contribution in [-0.2, 0) is 25.7 Å². The maximum atomic E-state index is 14.1. The molecule has 0 saturated heterocycles. The second-order valence-corrected chi connectivity index (χ2v) is 8.36. The van der Waals surface area contributed by atoms with E-state index >= 15 is 0 Å². The number of pyridine rings is 1. The van der Waals surface area contributed by atoms with Crippen molar-refractivity contribution in [2.75, 3.05) is 5.75 Å². The van der Waals surface area contributed by atoms with Crippen LogP contribution in [0.3, 0.4) is 0 Å². The quantitative estimate of drug-likeness (QED) is 0.220. The molecule has 1 aliphatic rings. The minimum Gasteiger partial charge on any atom is -0.456 e. The van der Waals surface area contributed by atoms with Gasteiger partial charge in [-0.3, -0.25) is 14.4 Å². The van der Waals surface area contributed by atoms with Crippen LogP contribution in [0.15, 0.2) is 36.1 Å². The maximum absolute atomic E-state index is 14.1. The Bertz CT molecular complexity index is 996. The van der Waals surface area contributed by atoms with Crippen molar-refractivity contribution in [2.24, 2.45) is 5.92 Å². The zero-order valence-corrected chi connectivity index (χ0v) is 20.2. The molecule has 0 saturated carbocycles. The third-order valence-corrected chi connectivity index (χ3v) is 5.09. The number of hydrogen-bond acceptors (Lipinski definition) is 7. The van der Waals surface area contributed by atoms with Crippen molar-refractivity contribution < 1.29 is 28.3 Å². The van der Waals surface area contributed by atoms with Crippen LogP contribution in [0.5, 0.6) is 0 Å². The fraction of sp³-hybridized carbons (Fsp3) is 0.435. The van der Waals surface area contributed by atoms with Gasteiger partial charge in [0.05, 0.1) is 18.7 Å². The third-order valence-electron chi connectivity index (χ3n) is 4.83. The van der Waals surface area contributed by atoms with Crippen LogP contribution in [-0.4, -0.2) is 46.6 Å². The Kier molecular flexibility index (Phi) is 10.2. The number of nitrogens with zero attached hydrogens (tertiary/aromatic N) is 1. The largest absolute Gasteiger partial charge is 0.456 e. The summed E-state index contributed by atoms with van der Waals surface area (Å²) in [5.41, 5.74) is -0.298. The van der Waals surface area contributed by atoms with E-state index in [-0.39, 0.29) is 36.0 Å². The highest BCUT2D eigenvalue weighted by Crippen LogP contribution is 2.12. The van der Waals surface area contributed by atoms with Crippen LogP contribution in [0.1, 0.15) is 49.8 Å². The zero-order valence-electron chi connectivity index (χ0n) is 19.3. The van der Waals surface area contributed by atoms with Crippen LogP contribution in [0.2, 0.25) is 0 Å². The Morgan fingerprint density at radius 3 is 2.62 bits per heavy atom. The monoisotopic (exact) mass is 492 g/mol. The maximum Gasteiger partial charge on any atom is 0.329 e. The van der Waals surface area contributed by atoms with Gasteiger partial charge in [-0.05, 0) is 37.2 Å². The number of allylic oxidation sites excluding steroid dienone is 2. The molecule has 34 heavy (non-hydrogen) atoms. The highest BCUT2D eigenvalue weighted by Gasteiger charge is 2.30. The molecular formula is C23H29FN4O5S. The molecule has 1 aliphatic heterocycles. The summed E-state index contributed by atoms with van der Waals surface area (Å²) in [6.07, 6.45) is 4.19. The number of aromatic nitrogens is 1. The number of amides is 3. The van der Waals surface area contributed by atoms with E-state index in [4.69, 9.17) is 4.74 Å². The molecule has 0 unspecified atom stereocenters. The molecule has 2 bridgehead atoms. The van der Waals surface area contributed by atoms with Crippen molar-refractivity contribution in [2.45, 2.75) is 52.3 Å². The molecule has 11 heteroatoms. The van der Waals surface area contributed by atoms with Gasteiger partial charge in [0.2, 0.25) is 5.91 Å². The third kappa shape index (κ3) is 7.98. The van der Waals surface area contributed by atoms with Crippen molar-refractivity contribution in [3.8, 4) is 0 Å². The molecule has 0 fully saturated rings. The first-order chi connectivity index (χ1) is 16.1. The summed E-state index contributed by atoms with van der Waals surface area (Å²) >= 11 is 4.13. The van der Waals surface area contributed by atoms with Crippen LogP contribution in [0.25, 0.3) is 0 Å². The normalized spacial score (nSPS) is 21.9. The lowest BCUT2D eigenvalue weighted by Crippen LogP contribution is -2.48. The Morgan fingerprint density at radius 1 is 1.24 bits per heavy atom. The standard InChI is InChI=1S/C23H29FN4O5S/c1-4-17-21(30)28-20(13(2)3)23(32)33-16(7-5-6-8-34)11-19(29)25-12-15-9-14(24)10-18(26-15)22(31)27-17/h4-5,7,9-10,13,16,20,34H,6,8,11-12H2,1-3H3,(H,25,29)(H,27,31)(H,28,30)/b7-5+,17-4-/t16-,20+/m1/s1. The Morgan fingerprint density at radius 2 is 1.97 bits per heavy atom. The summed E-state index contributed by atoms with van der Waals surface area (Å²) in [7, 11) is 0. The Balaban J connectivity index is 2.44. The summed E-state index contributed by atoms with van der Waals surface area (Å²) in [5, 5.41) is 7.53. The number of hydrogen-bond donors (Lipinski definition) is 4. The average molecular weight is 493 g/mol. The minimum atomic E-state index is -1.05. The number of cyclic esters (lactones) is 1. The van der Waals surface area contributed by atoms with E-state index in [2.05, 4.69) is 33.6 Å². The highest BCUT2D eigenvalue weighted by molar-refractivity contribution is 7.80. The van der Waals surface area contributed by atoms with E-state index in [1.807, 2.05) is 0 Å². The lowest BCUT2D eigenvalue weighted by atomic mass is 10.0. The number of rotatable bonds is 4. The molecule has 184 valence electrons. The van der Waals surface area contributed by atoms with Gasteiger partial charge in [0.25, 0.3) is 11.8 Å². The Hall–Kier alpha value is -3.21. The van der Waals surface area contributed by atoms with E-state index < -0.39 is 41.7 Å². The summed E-state index contributed by atoms with van der Waals surface area (Å²) in [6.45, 7) is 4.81. The van der Waals surface area contributed by atoms with Crippen LogP contribution < -0.4 is 16.0 Å². The lowest BCUT2D eigenvalue weighted by Gasteiger charge is -2.24. The topological polar surface area (TPSA) is 126 Å². The van der Waals surface area contributed by atoms with Crippen LogP contribution in [0.4, 0.5) is 4.39 Å².